The van der Waals surface area contributed by atoms with Crippen molar-refractivity contribution in [2.45, 2.75) is 58.5 Å². The lowest BCUT2D eigenvalue weighted by atomic mass is 9.67. The number of imide groups is 1. The smallest absolute Gasteiger partial charge is 0.233 e. The molecule has 1 aromatic heterocycles. The van der Waals surface area contributed by atoms with E-state index in [4.69, 9.17) is 0 Å². The number of likely N-dealkylation sites (tertiary alicyclic amines) is 1. The molecule has 1 saturated carbocycles. The fraction of sp³-hybridized carbons (Fsp3) is 0.737. The van der Waals surface area contributed by atoms with Crippen molar-refractivity contribution in [3.8, 4) is 0 Å². The Bertz CT molecular complexity index is 773. The summed E-state index contributed by atoms with van der Waals surface area (Å²) in [5, 5.41) is 11.5. The van der Waals surface area contributed by atoms with E-state index in [0.29, 0.717) is 13.0 Å². The van der Waals surface area contributed by atoms with E-state index in [1.807, 2.05) is 6.92 Å². The molecule has 0 bridgehead atoms. The second kappa shape index (κ2) is 7.05. The Labute approximate surface area is 158 Å². The number of carbonyl (C=O) groups excluding carboxylic acids is 3. The van der Waals surface area contributed by atoms with Gasteiger partial charge in [0.2, 0.25) is 17.7 Å². The summed E-state index contributed by atoms with van der Waals surface area (Å²) in [4.78, 5) is 39.1. The van der Waals surface area contributed by atoms with E-state index in [1.54, 1.807) is 0 Å². The van der Waals surface area contributed by atoms with Crippen LogP contribution in [-0.4, -0.2) is 44.4 Å². The van der Waals surface area contributed by atoms with Crippen LogP contribution in [-0.2, 0) is 33.9 Å². The standard InChI is InChI=1S/C19H27N5O3/c1-11-7-8-12-16(19(27)23(2)18(12)26)15(11)17(25)20-10-14-22-21-13-6-4-3-5-9-24(13)14/h11-12,15-16H,3-10H2,1-2H3,(H,20,25)/t11-,12+,15+,16-/m1/s1. The molecule has 0 spiro atoms. The van der Waals surface area contributed by atoms with Crippen LogP contribution in [0.3, 0.4) is 0 Å². The molecule has 0 aromatic carbocycles. The maximum Gasteiger partial charge on any atom is 0.233 e. The summed E-state index contributed by atoms with van der Waals surface area (Å²) >= 11 is 0. The number of hydrogen-bond acceptors (Lipinski definition) is 5. The molecular weight excluding hydrogens is 346 g/mol. The molecule has 3 amide bonds. The Morgan fingerprint density at radius 2 is 1.96 bits per heavy atom. The largest absolute Gasteiger partial charge is 0.349 e. The number of aromatic nitrogens is 3. The van der Waals surface area contributed by atoms with Gasteiger partial charge in [-0.15, -0.1) is 10.2 Å². The Kier molecular flexibility index (Phi) is 4.74. The van der Waals surface area contributed by atoms with Gasteiger partial charge < -0.3 is 9.88 Å². The first kappa shape index (κ1) is 18.1. The van der Waals surface area contributed by atoms with Crippen molar-refractivity contribution in [2.24, 2.45) is 23.7 Å². The number of hydrogen-bond donors (Lipinski definition) is 1. The van der Waals surface area contributed by atoms with E-state index in [1.165, 1.54) is 18.4 Å². The number of nitrogens with one attached hydrogen (secondary N) is 1. The number of rotatable bonds is 3. The Morgan fingerprint density at radius 1 is 1.15 bits per heavy atom. The van der Waals surface area contributed by atoms with E-state index in [0.717, 1.165) is 43.9 Å². The van der Waals surface area contributed by atoms with E-state index in [9.17, 15) is 14.4 Å². The van der Waals surface area contributed by atoms with Gasteiger partial charge >= 0.3 is 0 Å². The van der Waals surface area contributed by atoms with E-state index in [-0.39, 0.29) is 29.6 Å². The summed E-state index contributed by atoms with van der Waals surface area (Å²) in [5.74, 6) is -0.0142. The average molecular weight is 373 g/mol. The fourth-order valence-corrected chi connectivity index (χ4v) is 4.97. The third-order valence-electron chi connectivity index (χ3n) is 6.54. The Morgan fingerprint density at radius 3 is 2.78 bits per heavy atom. The van der Waals surface area contributed by atoms with E-state index in [2.05, 4.69) is 20.1 Å². The molecule has 1 N–H and O–H groups in total. The minimum Gasteiger partial charge on any atom is -0.349 e. The minimum atomic E-state index is -0.526. The summed E-state index contributed by atoms with van der Waals surface area (Å²) in [5.41, 5.74) is 0. The third kappa shape index (κ3) is 3.04. The molecule has 2 aliphatic heterocycles. The van der Waals surface area contributed by atoms with Crippen LogP contribution < -0.4 is 5.32 Å². The molecule has 146 valence electrons. The van der Waals surface area contributed by atoms with Crippen LogP contribution in [0.1, 0.15) is 50.7 Å². The van der Waals surface area contributed by atoms with Crippen molar-refractivity contribution < 1.29 is 14.4 Å². The van der Waals surface area contributed by atoms with Crippen LogP contribution in [0.5, 0.6) is 0 Å². The molecule has 3 heterocycles. The van der Waals surface area contributed by atoms with Crippen molar-refractivity contribution >= 4 is 17.7 Å². The van der Waals surface area contributed by atoms with Gasteiger partial charge in [0, 0.05) is 20.0 Å². The second-order valence-corrected chi connectivity index (χ2v) is 8.16. The molecule has 4 atom stereocenters. The van der Waals surface area contributed by atoms with Crippen molar-refractivity contribution in [2.75, 3.05) is 7.05 Å². The number of carbonyl (C=O) groups is 3. The van der Waals surface area contributed by atoms with Gasteiger partial charge in [-0.25, -0.2) is 0 Å². The van der Waals surface area contributed by atoms with Crippen molar-refractivity contribution in [3.05, 3.63) is 11.6 Å². The van der Waals surface area contributed by atoms with Gasteiger partial charge in [-0.3, -0.25) is 19.3 Å². The highest BCUT2D eigenvalue weighted by atomic mass is 16.2. The first-order valence-electron chi connectivity index (χ1n) is 9.99. The maximum absolute atomic E-state index is 13.0. The van der Waals surface area contributed by atoms with Gasteiger partial charge in [-0.05, 0) is 31.6 Å². The van der Waals surface area contributed by atoms with Crippen LogP contribution >= 0.6 is 0 Å². The van der Waals surface area contributed by atoms with Crippen LogP contribution in [0.2, 0.25) is 0 Å². The van der Waals surface area contributed by atoms with Gasteiger partial charge in [-0.1, -0.05) is 13.3 Å². The Balaban J connectivity index is 1.48. The number of amides is 3. The average Bonchev–Trinajstić information content (AvgIpc) is 3.01. The zero-order valence-corrected chi connectivity index (χ0v) is 16.0. The second-order valence-electron chi connectivity index (χ2n) is 8.16. The summed E-state index contributed by atoms with van der Waals surface area (Å²) < 4.78 is 2.11. The van der Waals surface area contributed by atoms with Gasteiger partial charge in [0.15, 0.2) is 5.82 Å². The molecule has 27 heavy (non-hydrogen) atoms. The molecule has 8 nitrogen and oxygen atoms in total. The molecule has 8 heteroatoms. The lowest BCUT2D eigenvalue weighted by Crippen LogP contribution is -2.45. The van der Waals surface area contributed by atoms with Crippen LogP contribution in [0.4, 0.5) is 0 Å². The van der Waals surface area contributed by atoms with Crippen molar-refractivity contribution in [1.82, 2.24) is 25.0 Å². The van der Waals surface area contributed by atoms with Crippen LogP contribution in [0.15, 0.2) is 0 Å². The Hall–Kier alpha value is -2.25. The highest BCUT2D eigenvalue weighted by molar-refractivity contribution is 6.06. The molecule has 1 aromatic rings. The zero-order chi connectivity index (χ0) is 19.1. The highest BCUT2D eigenvalue weighted by Crippen LogP contribution is 2.44. The normalized spacial score (nSPS) is 30.7. The predicted molar refractivity (Wildman–Crippen MR) is 96.1 cm³/mol. The highest BCUT2D eigenvalue weighted by Gasteiger charge is 2.54. The quantitative estimate of drug-likeness (QED) is 0.794. The predicted octanol–water partition coefficient (Wildman–Crippen LogP) is 0.898. The molecule has 4 rings (SSSR count). The zero-order valence-electron chi connectivity index (χ0n) is 16.0. The lowest BCUT2D eigenvalue weighted by molar-refractivity contribution is -0.141. The third-order valence-corrected chi connectivity index (χ3v) is 6.54. The number of aryl methyl sites for hydroxylation is 1. The van der Waals surface area contributed by atoms with Gasteiger partial charge in [0.05, 0.1) is 24.3 Å². The van der Waals surface area contributed by atoms with Crippen LogP contribution in [0.25, 0.3) is 0 Å². The number of nitrogens with zero attached hydrogens (tertiary/aromatic N) is 4. The molecule has 0 unspecified atom stereocenters. The lowest BCUT2D eigenvalue weighted by Gasteiger charge is -2.34. The summed E-state index contributed by atoms with van der Waals surface area (Å²) in [6.07, 6.45) is 5.79. The molecule has 2 fully saturated rings. The van der Waals surface area contributed by atoms with Gasteiger partial charge in [0.1, 0.15) is 5.82 Å². The van der Waals surface area contributed by atoms with Crippen LogP contribution in [0, 0.1) is 23.7 Å². The molecule has 1 saturated heterocycles. The van der Waals surface area contributed by atoms with E-state index < -0.39 is 11.8 Å². The number of fused-ring (bicyclic) bond motifs is 2. The molecule has 3 aliphatic rings. The summed E-state index contributed by atoms with van der Waals surface area (Å²) in [7, 11) is 1.52. The van der Waals surface area contributed by atoms with Gasteiger partial charge in [-0.2, -0.15) is 0 Å². The van der Waals surface area contributed by atoms with Gasteiger partial charge in [0.25, 0.3) is 0 Å². The minimum absolute atomic E-state index is 0.0741. The first-order valence-corrected chi connectivity index (χ1v) is 9.99. The maximum atomic E-state index is 13.0. The molecular formula is C19H27N5O3. The van der Waals surface area contributed by atoms with Crippen molar-refractivity contribution in [1.29, 1.82) is 0 Å². The summed E-state index contributed by atoms with van der Waals surface area (Å²) in [6.45, 7) is 3.19. The monoisotopic (exact) mass is 373 g/mol. The first-order chi connectivity index (χ1) is 13.0. The topological polar surface area (TPSA) is 97.2 Å². The van der Waals surface area contributed by atoms with Crippen molar-refractivity contribution in [3.63, 3.8) is 0 Å². The molecule has 1 aliphatic carbocycles. The molecule has 0 radical (unpaired) electrons. The van der Waals surface area contributed by atoms with E-state index >= 15 is 0 Å². The summed E-state index contributed by atoms with van der Waals surface area (Å²) in [6, 6.07) is 0. The fourth-order valence-electron chi connectivity index (χ4n) is 4.97. The SMILES string of the molecule is C[C@@H]1CC[C@@H]2C(=O)N(C)C(=O)[C@H]2[C@H]1C(=O)NCc1nnc2n1CCCCC2.